The van der Waals surface area contributed by atoms with Crippen LogP contribution in [0.15, 0.2) is 42.5 Å². The van der Waals surface area contributed by atoms with Gasteiger partial charge in [0, 0.05) is 25.3 Å². The zero-order chi connectivity index (χ0) is 14.7. The van der Waals surface area contributed by atoms with Gasteiger partial charge < -0.3 is 10.6 Å². The third-order valence-electron chi connectivity index (χ3n) is 3.15. The predicted octanol–water partition coefficient (Wildman–Crippen LogP) is 3.12. The minimum Gasteiger partial charge on any atom is -0.393 e. The van der Waals surface area contributed by atoms with Crippen molar-refractivity contribution >= 4 is 17.1 Å². The molecule has 0 aliphatic heterocycles. The van der Waals surface area contributed by atoms with Crippen LogP contribution < -0.4 is 10.6 Å². The van der Waals surface area contributed by atoms with Crippen LogP contribution in [0.1, 0.15) is 11.1 Å². The van der Waals surface area contributed by atoms with Gasteiger partial charge in [0.1, 0.15) is 5.69 Å². The molecule has 0 atom stereocenters. The third-order valence-corrected chi connectivity index (χ3v) is 3.15. The van der Waals surface area contributed by atoms with Crippen LogP contribution in [0.2, 0.25) is 0 Å². The number of nitrogen functional groups attached to an aromatic ring is 1. The molecular weight excluding hydrogens is 254 g/mol. The molecule has 0 radical (unpaired) electrons. The number of nitro benzene ring substituents is 1. The summed E-state index contributed by atoms with van der Waals surface area (Å²) in [5, 5.41) is 10.9. The Hall–Kier alpha value is -2.56. The Kier molecular flexibility index (Phi) is 3.89. The minimum atomic E-state index is -0.453. The molecule has 0 aromatic heterocycles. The van der Waals surface area contributed by atoms with Crippen molar-refractivity contribution in [1.29, 1.82) is 0 Å². The lowest BCUT2D eigenvalue weighted by Gasteiger charge is -2.20. The van der Waals surface area contributed by atoms with E-state index >= 15 is 0 Å². The summed E-state index contributed by atoms with van der Waals surface area (Å²) in [6, 6.07) is 13.0. The van der Waals surface area contributed by atoms with Crippen molar-refractivity contribution in [2.24, 2.45) is 0 Å². The van der Waals surface area contributed by atoms with Gasteiger partial charge >= 0.3 is 0 Å². The molecule has 20 heavy (non-hydrogen) atoms. The van der Waals surface area contributed by atoms with Crippen LogP contribution in [0.4, 0.5) is 17.1 Å². The van der Waals surface area contributed by atoms with Gasteiger partial charge in [-0.3, -0.25) is 10.1 Å². The Morgan fingerprint density at radius 3 is 2.65 bits per heavy atom. The van der Waals surface area contributed by atoms with Crippen molar-refractivity contribution in [3.8, 4) is 0 Å². The molecule has 2 rings (SSSR count). The van der Waals surface area contributed by atoms with Gasteiger partial charge in [-0.1, -0.05) is 18.2 Å². The topological polar surface area (TPSA) is 72.4 Å². The Morgan fingerprint density at radius 2 is 2.00 bits per heavy atom. The van der Waals surface area contributed by atoms with E-state index in [-0.39, 0.29) is 11.4 Å². The van der Waals surface area contributed by atoms with Crippen LogP contribution in [0.5, 0.6) is 0 Å². The first kappa shape index (κ1) is 13.9. The summed E-state index contributed by atoms with van der Waals surface area (Å²) in [7, 11) is 1.96. The highest BCUT2D eigenvalue weighted by Gasteiger charge is 2.12. The van der Waals surface area contributed by atoms with Crippen LogP contribution in [0.25, 0.3) is 0 Å². The molecule has 0 bridgehead atoms. The molecule has 5 heteroatoms. The fourth-order valence-corrected chi connectivity index (χ4v) is 2.08. The summed E-state index contributed by atoms with van der Waals surface area (Å²) in [4.78, 5) is 12.5. The molecule has 0 aliphatic rings. The summed E-state index contributed by atoms with van der Waals surface area (Å²) in [5.74, 6) is 0. The highest BCUT2D eigenvalue weighted by molar-refractivity contribution is 5.59. The summed E-state index contributed by atoms with van der Waals surface area (Å²) in [6.45, 7) is 2.62. The summed E-state index contributed by atoms with van der Waals surface area (Å²) < 4.78 is 0. The van der Waals surface area contributed by atoms with E-state index in [0.29, 0.717) is 6.54 Å². The van der Waals surface area contributed by atoms with Gasteiger partial charge in [0.25, 0.3) is 5.69 Å². The molecule has 0 saturated carbocycles. The number of nitrogens with two attached hydrogens (primary N) is 1. The minimum absolute atomic E-state index is 0.0415. The van der Waals surface area contributed by atoms with E-state index in [4.69, 9.17) is 5.73 Å². The summed E-state index contributed by atoms with van der Waals surface area (Å²) >= 11 is 0. The average Bonchev–Trinajstić information content (AvgIpc) is 2.40. The zero-order valence-corrected chi connectivity index (χ0v) is 11.5. The first-order valence-electron chi connectivity index (χ1n) is 6.28. The van der Waals surface area contributed by atoms with E-state index < -0.39 is 4.92 Å². The maximum atomic E-state index is 10.9. The second-order valence-corrected chi connectivity index (χ2v) is 4.85. The van der Waals surface area contributed by atoms with Crippen molar-refractivity contribution < 1.29 is 4.92 Å². The molecule has 0 saturated heterocycles. The molecule has 5 nitrogen and oxygen atoms in total. The molecule has 0 spiro atoms. The summed E-state index contributed by atoms with van der Waals surface area (Å²) in [5.41, 5.74) is 8.86. The van der Waals surface area contributed by atoms with Crippen LogP contribution in [0, 0.1) is 17.0 Å². The van der Waals surface area contributed by atoms with Gasteiger partial charge in [-0.15, -0.1) is 0 Å². The maximum absolute atomic E-state index is 10.9. The molecule has 0 fully saturated rings. The number of aryl methyl sites for hydroxylation is 1. The van der Waals surface area contributed by atoms with Gasteiger partial charge in [0.2, 0.25) is 0 Å². The normalized spacial score (nSPS) is 10.3. The predicted molar refractivity (Wildman–Crippen MR) is 80.8 cm³/mol. The Bertz CT molecular complexity index is 641. The van der Waals surface area contributed by atoms with E-state index in [1.807, 2.05) is 43.1 Å². The molecule has 2 aromatic rings. The zero-order valence-electron chi connectivity index (χ0n) is 11.5. The number of rotatable bonds is 4. The second kappa shape index (κ2) is 5.61. The van der Waals surface area contributed by atoms with E-state index in [9.17, 15) is 10.1 Å². The summed E-state index contributed by atoms with van der Waals surface area (Å²) in [6.07, 6.45) is 0. The Balaban J connectivity index is 2.22. The molecule has 0 heterocycles. The van der Waals surface area contributed by atoms with E-state index in [1.165, 1.54) is 11.6 Å². The molecule has 2 N–H and O–H groups in total. The van der Waals surface area contributed by atoms with E-state index in [0.717, 1.165) is 11.3 Å². The van der Waals surface area contributed by atoms with Gasteiger partial charge in [0.15, 0.2) is 0 Å². The van der Waals surface area contributed by atoms with Crippen LogP contribution in [-0.2, 0) is 6.54 Å². The lowest BCUT2D eigenvalue weighted by Crippen LogP contribution is -2.16. The van der Waals surface area contributed by atoms with Crippen molar-refractivity contribution in [3.05, 3.63) is 63.7 Å². The standard InChI is InChI=1S/C15H17N3O2/c1-11-4-3-5-13(8-11)17(2)10-12-6-7-14(16)15(9-12)18(19)20/h3-9H,10,16H2,1-2H3. The number of nitrogens with zero attached hydrogens (tertiary/aromatic N) is 2. The number of nitro groups is 1. The lowest BCUT2D eigenvalue weighted by molar-refractivity contribution is -0.384. The van der Waals surface area contributed by atoms with Gasteiger partial charge in [-0.25, -0.2) is 0 Å². The van der Waals surface area contributed by atoms with Crippen LogP contribution >= 0.6 is 0 Å². The third kappa shape index (κ3) is 3.06. The van der Waals surface area contributed by atoms with Crippen LogP contribution in [-0.4, -0.2) is 12.0 Å². The first-order chi connectivity index (χ1) is 9.47. The second-order valence-electron chi connectivity index (χ2n) is 4.85. The maximum Gasteiger partial charge on any atom is 0.292 e. The first-order valence-corrected chi connectivity index (χ1v) is 6.28. The largest absolute Gasteiger partial charge is 0.393 e. The number of hydrogen-bond donors (Lipinski definition) is 1. The molecular formula is C15H17N3O2. The average molecular weight is 271 g/mol. The SMILES string of the molecule is Cc1cccc(N(C)Cc2ccc(N)c([N+](=O)[O-])c2)c1. The number of anilines is 2. The molecule has 0 unspecified atom stereocenters. The molecule has 104 valence electrons. The van der Waals surface area contributed by atoms with E-state index in [2.05, 4.69) is 6.07 Å². The monoisotopic (exact) mass is 271 g/mol. The Morgan fingerprint density at radius 1 is 1.25 bits per heavy atom. The highest BCUT2D eigenvalue weighted by Crippen LogP contribution is 2.24. The quantitative estimate of drug-likeness (QED) is 0.527. The van der Waals surface area contributed by atoms with Crippen molar-refractivity contribution in [2.75, 3.05) is 17.7 Å². The van der Waals surface area contributed by atoms with Gasteiger partial charge in [-0.2, -0.15) is 0 Å². The highest BCUT2D eigenvalue weighted by atomic mass is 16.6. The fourth-order valence-electron chi connectivity index (χ4n) is 2.08. The van der Waals surface area contributed by atoms with Crippen molar-refractivity contribution in [1.82, 2.24) is 0 Å². The molecule has 2 aromatic carbocycles. The van der Waals surface area contributed by atoms with Gasteiger partial charge in [0.05, 0.1) is 4.92 Å². The Labute approximate surface area is 117 Å². The number of benzene rings is 2. The van der Waals surface area contributed by atoms with Crippen molar-refractivity contribution in [3.63, 3.8) is 0 Å². The fraction of sp³-hybridized carbons (Fsp3) is 0.200. The lowest BCUT2D eigenvalue weighted by atomic mass is 10.1. The molecule has 0 amide bonds. The number of hydrogen-bond acceptors (Lipinski definition) is 4. The molecule has 0 aliphatic carbocycles. The van der Waals surface area contributed by atoms with Crippen molar-refractivity contribution in [2.45, 2.75) is 13.5 Å². The van der Waals surface area contributed by atoms with Crippen LogP contribution in [0.3, 0.4) is 0 Å². The smallest absolute Gasteiger partial charge is 0.292 e. The van der Waals surface area contributed by atoms with Gasteiger partial charge in [-0.05, 0) is 36.2 Å². The van der Waals surface area contributed by atoms with E-state index in [1.54, 1.807) is 6.07 Å².